The van der Waals surface area contributed by atoms with Gasteiger partial charge in [0.15, 0.2) is 0 Å². The zero-order valence-corrected chi connectivity index (χ0v) is 21.5. The largest absolute Gasteiger partial charge is 0.365 e. The Hall–Kier alpha value is -3.75. The number of aromatic nitrogens is 2. The average Bonchev–Trinajstić information content (AvgIpc) is 3.14. The minimum Gasteiger partial charge on any atom is -0.365 e. The second-order valence-electron chi connectivity index (χ2n) is 8.66. The van der Waals surface area contributed by atoms with Gasteiger partial charge < -0.3 is 5.32 Å². The van der Waals surface area contributed by atoms with Crippen molar-refractivity contribution in [3.05, 3.63) is 116 Å². The normalized spacial score (nSPS) is 14.7. The first kappa shape index (κ1) is 24.0. The van der Waals surface area contributed by atoms with Crippen molar-refractivity contribution in [1.82, 2.24) is 14.3 Å². The maximum absolute atomic E-state index is 13.6. The maximum atomic E-state index is 13.6. The maximum Gasteiger partial charge on any atom is 0.267 e. The fraction of sp³-hybridized carbons (Fsp3) is 0.143. The van der Waals surface area contributed by atoms with Crippen LogP contribution in [0.1, 0.15) is 27.8 Å². The van der Waals surface area contributed by atoms with E-state index in [1.807, 2.05) is 80.6 Å². The summed E-state index contributed by atoms with van der Waals surface area (Å²) in [4.78, 5) is 33.6. The predicted octanol–water partition coefficient (Wildman–Crippen LogP) is 5.32. The van der Waals surface area contributed by atoms with Gasteiger partial charge in [0.1, 0.15) is 15.8 Å². The Morgan fingerprint density at radius 2 is 1.72 bits per heavy atom. The highest BCUT2D eigenvalue weighted by Crippen LogP contribution is 2.34. The molecule has 0 unspecified atom stereocenters. The molecule has 1 aliphatic rings. The monoisotopic (exact) mass is 512 g/mol. The van der Waals surface area contributed by atoms with E-state index in [9.17, 15) is 9.59 Å². The lowest BCUT2D eigenvalue weighted by Gasteiger charge is -2.14. The molecule has 2 aromatic carbocycles. The lowest BCUT2D eigenvalue weighted by Crippen LogP contribution is -2.27. The third-order valence-corrected chi connectivity index (χ3v) is 7.38. The number of thiocarbonyl (C=S) groups is 1. The number of fused-ring (bicyclic) bond motifs is 1. The smallest absolute Gasteiger partial charge is 0.267 e. The lowest BCUT2D eigenvalue weighted by molar-refractivity contribution is -0.122. The number of hydrogen-bond donors (Lipinski definition) is 1. The van der Waals surface area contributed by atoms with Crippen molar-refractivity contribution < 1.29 is 4.79 Å². The van der Waals surface area contributed by atoms with Crippen molar-refractivity contribution in [3.8, 4) is 0 Å². The number of benzene rings is 2. The van der Waals surface area contributed by atoms with Gasteiger partial charge in [-0.15, -0.1) is 0 Å². The molecule has 1 fully saturated rings. The fourth-order valence-corrected chi connectivity index (χ4v) is 5.24. The van der Waals surface area contributed by atoms with E-state index in [2.05, 4.69) is 5.32 Å². The topological polar surface area (TPSA) is 66.7 Å². The van der Waals surface area contributed by atoms with Crippen LogP contribution in [0.5, 0.6) is 0 Å². The molecule has 0 radical (unpaired) electrons. The van der Waals surface area contributed by atoms with Crippen LogP contribution >= 0.6 is 24.0 Å². The van der Waals surface area contributed by atoms with Gasteiger partial charge in [0, 0.05) is 12.7 Å². The van der Waals surface area contributed by atoms with Gasteiger partial charge in [-0.25, -0.2) is 4.98 Å². The zero-order chi connectivity index (χ0) is 25.2. The van der Waals surface area contributed by atoms with Crippen LogP contribution < -0.4 is 10.9 Å². The van der Waals surface area contributed by atoms with Crippen LogP contribution in [0, 0.1) is 13.8 Å². The Kier molecular flexibility index (Phi) is 6.71. The van der Waals surface area contributed by atoms with E-state index in [1.54, 1.807) is 17.2 Å². The van der Waals surface area contributed by atoms with Crippen molar-refractivity contribution in [2.75, 3.05) is 5.32 Å². The minimum absolute atomic E-state index is 0.216. The van der Waals surface area contributed by atoms with Gasteiger partial charge in [-0.3, -0.25) is 18.9 Å². The number of carbonyl (C=O) groups excluding carboxylic acids is 1. The number of pyridine rings is 1. The molecule has 0 bridgehead atoms. The van der Waals surface area contributed by atoms with Crippen molar-refractivity contribution in [3.63, 3.8) is 0 Å². The summed E-state index contributed by atoms with van der Waals surface area (Å²) in [5.74, 6) is 0.218. The van der Waals surface area contributed by atoms with Gasteiger partial charge in [0.2, 0.25) is 0 Å². The second kappa shape index (κ2) is 10.1. The molecule has 0 saturated carbocycles. The first-order valence-corrected chi connectivity index (χ1v) is 12.7. The number of nitrogens with one attached hydrogen (secondary N) is 1. The van der Waals surface area contributed by atoms with Crippen LogP contribution in [0.15, 0.2) is 82.6 Å². The van der Waals surface area contributed by atoms with E-state index in [4.69, 9.17) is 17.2 Å². The van der Waals surface area contributed by atoms with Crippen molar-refractivity contribution in [2.45, 2.75) is 26.9 Å². The van der Waals surface area contributed by atoms with E-state index in [0.717, 1.165) is 16.7 Å². The summed E-state index contributed by atoms with van der Waals surface area (Å²) in [6.45, 7) is 4.83. The number of aryl methyl sites for hydroxylation is 2. The summed E-state index contributed by atoms with van der Waals surface area (Å²) in [6.07, 6.45) is 3.31. The highest BCUT2D eigenvalue weighted by atomic mass is 32.2. The molecular weight excluding hydrogens is 488 g/mol. The van der Waals surface area contributed by atoms with Crippen LogP contribution in [0.4, 0.5) is 5.82 Å². The van der Waals surface area contributed by atoms with E-state index in [0.29, 0.717) is 39.3 Å². The Bertz CT molecular complexity index is 1560. The number of thioether (sulfide) groups is 1. The molecule has 1 aliphatic heterocycles. The van der Waals surface area contributed by atoms with Crippen molar-refractivity contribution >= 4 is 51.7 Å². The Balaban J connectivity index is 1.53. The summed E-state index contributed by atoms with van der Waals surface area (Å²) >= 11 is 6.71. The molecule has 0 spiro atoms. The molecule has 180 valence electrons. The first-order valence-electron chi connectivity index (χ1n) is 11.5. The molecular formula is C28H24N4O2S2. The summed E-state index contributed by atoms with van der Waals surface area (Å²) in [5.41, 5.74) is 4.76. The third-order valence-electron chi connectivity index (χ3n) is 6.00. The van der Waals surface area contributed by atoms with Crippen LogP contribution in [-0.4, -0.2) is 24.5 Å². The zero-order valence-electron chi connectivity index (χ0n) is 19.9. The van der Waals surface area contributed by atoms with Crippen LogP contribution in [0.3, 0.4) is 0 Å². The highest BCUT2D eigenvalue weighted by molar-refractivity contribution is 8.26. The second-order valence-corrected chi connectivity index (χ2v) is 10.3. The Labute approximate surface area is 218 Å². The summed E-state index contributed by atoms with van der Waals surface area (Å²) < 4.78 is 1.98. The average molecular weight is 513 g/mol. The Morgan fingerprint density at radius 1 is 0.972 bits per heavy atom. The van der Waals surface area contributed by atoms with Gasteiger partial charge in [0.25, 0.3) is 11.5 Å². The summed E-state index contributed by atoms with van der Waals surface area (Å²) in [5, 5.41) is 3.32. The van der Waals surface area contributed by atoms with E-state index < -0.39 is 0 Å². The predicted molar refractivity (Wildman–Crippen MR) is 150 cm³/mol. The molecule has 36 heavy (non-hydrogen) atoms. The molecule has 6 nitrogen and oxygen atoms in total. The van der Waals surface area contributed by atoms with Crippen LogP contribution in [-0.2, 0) is 17.9 Å². The minimum atomic E-state index is -0.247. The molecule has 1 N–H and O–H groups in total. The Morgan fingerprint density at radius 3 is 2.47 bits per heavy atom. The molecule has 0 atom stereocenters. The van der Waals surface area contributed by atoms with Gasteiger partial charge in [0.05, 0.1) is 17.0 Å². The molecule has 4 aromatic rings. The van der Waals surface area contributed by atoms with Crippen LogP contribution in [0.25, 0.3) is 11.7 Å². The van der Waals surface area contributed by atoms with Gasteiger partial charge in [-0.2, -0.15) is 0 Å². The number of carbonyl (C=O) groups is 1. The number of rotatable bonds is 6. The molecule has 1 saturated heterocycles. The van der Waals surface area contributed by atoms with E-state index in [1.165, 1.54) is 21.7 Å². The highest BCUT2D eigenvalue weighted by Gasteiger charge is 2.32. The quantitative estimate of drug-likeness (QED) is 0.278. The molecule has 3 heterocycles. The summed E-state index contributed by atoms with van der Waals surface area (Å²) in [7, 11) is 0. The SMILES string of the molecule is Cc1ccc(CNc2nc3c(C)cccn3c(=O)c2/C=C2\SC(=S)N(Cc3ccccc3)C2=O)cc1. The van der Waals surface area contributed by atoms with Crippen LogP contribution in [0.2, 0.25) is 0 Å². The van der Waals surface area contributed by atoms with Gasteiger partial charge in [-0.05, 0) is 42.7 Å². The first-order chi connectivity index (χ1) is 17.4. The molecule has 2 aromatic heterocycles. The number of amides is 1. The van der Waals surface area contributed by atoms with E-state index in [-0.39, 0.29) is 11.5 Å². The fourth-order valence-electron chi connectivity index (χ4n) is 4.00. The molecule has 8 heteroatoms. The number of hydrogen-bond acceptors (Lipinski definition) is 6. The van der Waals surface area contributed by atoms with Crippen molar-refractivity contribution in [2.24, 2.45) is 0 Å². The molecule has 1 amide bonds. The van der Waals surface area contributed by atoms with Gasteiger partial charge in [-0.1, -0.05) is 90.2 Å². The number of anilines is 1. The summed E-state index contributed by atoms with van der Waals surface area (Å²) in [6, 6.07) is 21.6. The van der Waals surface area contributed by atoms with Gasteiger partial charge >= 0.3 is 0 Å². The van der Waals surface area contributed by atoms with E-state index >= 15 is 0 Å². The molecule has 5 rings (SSSR count). The van der Waals surface area contributed by atoms with Crippen molar-refractivity contribution in [1.29, 1.82) is 0 Å². The lowest BCUT2D eigenvalue weighted by atomic mass is 10.1. The standard InChI is InChI=1S/C28H24N4O2S2/c1-18-10-12-20(13-11-18)16-29-24-22(26(33)31-14-6-7-19(2)25(31)30-24)15-23-27(34)32(28(35)36-23)17-21-8-4-3-5-9-21/h3-15,29H,16-17H2,1-2H3/b23-15-. The third kappa shape index (κ3) is 4.82. The molecule has 0 aliphatic carbocycles. The number of nitrogens with zero attached hydrogens (tertiary/aromatic N) is 3.